The zero-order chi connectivity index (χ0) is 7.98. The van der Waals surface area contributed by atoms with E-state index in [1.54, 1.807) is 6.92 Å². The summed E-state index contributed by atoms with van der Waals surface area (Å²) in [6.45, 7) is 2.22. The third-order valence-corrected chi connectivity index (χ3v) is 1.33. The molecule has 3 nitrogen and oxygen atoms in total. The fourth-order valence-electron chi connectivity index (χ4n) is 0.851. The molecule has 0 spiro atoms. The highest BCUT2D eigenvalue weighted by atomic mass is 16.1. The van der Waals surface area contributed by atoms with Gasteiger partial charge in [0.25, 0.3) is 0 Å². The van der Waals surface area contributed by atoms with Gasteiger partial charge in [0.2, 0.25) is 0 Å². The maximum absolute atomic E-state index is 10.5. The van der Waals surface area contributed by atoms with E-state index in [0.29, 0.717) is 13.0 Å². The average Bonchev–Trinajstić information content (AvgIpc) is 1.82. The molecule has 3 heteroatoms. The third kappa shape index (κ3) is 5.72. The number of rotatable bonds is 5. The Morgan fingerprint density at radius 1 is 1.60 bits per heavy atom. The first-order valence-corrected chi connectivity index (χ1v) is 3.62. The Morgan fingerprint density at radius 3 is 2.60 bits per heavy atom. The Labute approximate surface area is 61.8 Å². The van der Waals surface area contributed by atoms with Gasteiger partial charge in [-0.2, -0.15) is 0 Å². The molecule has 0 rings (SSSR count). The lowest BCUT2D eigenvalue weighted by Crippen LogP contribution is -2.23. The average molecular weight is 144 g/mol. The number of ketones is 1. The van der Waals surface area contributed by atoms with E-state index in [4.69, 9.17) is 11.5 Å². The number of carbonyl (C=O) groups excluding carboxylic acids is 1. The van der Waals surface area contributed by atoms with Crippen LogP contribution in [0.25, 0.3) is 0 Å². The van der Waals surface area contributed by atoms with Crippen molar-refractivity contribution in [3.05, 3.63) is 0 Å². The molecular formula is C7H16N2O. The zero-order valence-electron chi connectivity index (χ0n) is 6.47. The van der Waals surface area contributed by atoms with Crippen molar-refractivity contribution in [3.63, 3.8) is 0 Å². The molecule has 0 heterocycles. The number of Topliss-reactive ketones (excluding diaryl/α,β-unsaturated/α-hetero) is 1. The van der Waals surface area contributed by atoms with Gasteiger partial charge in [-0.05, 0) is 26.3 Å². The molecule has 0 aliphatic carbocycles. The Balaban J connectivity index is 3.25. The molecule has 0 aliphatic heterocycles. The Bertz CT molecular complexity index is 104. The fraction of sp³-hybridized carbons (Fsp3) is 0.857. The highest BCUT2D eigenvalue weighted by molar-refractivity contribution is 5.76. The van der Waals surface area contributed by atoms with E-state index in [1.807, 2.05) is 0 Å². The fourth-order valence-corrected chi connectivity index (χ4v) is 0.851. The van der Waals surface area contributed by atoms with Crippen LogP contribution in [0.5, 0.6) is 0 Å². The van der Waals surface area contributed by atoms with E-state index in [2.05, 4.69) is 0 Å². The summed E-state index contributed by atoms with van der Waals surface area (Å²) in [5.41, 5.74) is 10.9. The van der Waals surface area contributed by atoms with E-state index in [-0.39, 0.29) is 11.8 Å². The van der Waals surface area contributed by atoms with Crippen molar-refractivity contribution in [1.29, 1.82) is 0 Å². The lowest BCUT2D eigenvalue weighted by atomic mass is 10.1. The molecule has 10 heavy (non-hydrogen) atoms. The van der Waals surface area contributed by atoms with Crippen LogP contribution in [0.4, 0.5) is 0 Å². The first kappa shape index (κ1) is 9.59. The topological polar surface area (TPSA) is 69.1 Å². The molecular weight excluding hydrogens is 128 g/mol. The summed E-state index contributed by atoms with van der Waals surface area (Å²) in [6, 6.07) is 0.0149. The van der Waals surface area contributed by atoms with Crippen LogP contribution in [0.3, 0.4) is 0 Å². The monoisotopic (exact) mass is 144 g/mol. The molecule has 0 amide bonds. The van der Waals surface area contributed by atoms with Gasteiger partial charge in [-0.25, -0.2) is 0 Å². The van der Waals surface area contributed by atoms with E-state index in [0.717, 1.165) is 12.8 Å². The summed E-state index contributed by atoms with van der Waals surface area (Å²) < 4.78 is 0. The second-order valence-corrected chi connectivity index (χ2v) is 2.60. The molecule has 0 aromatic rings. The standard InChI is InChI=1S/C7H16N2O/c1-6(10)5-7(9)3-2-4-8/h7H,2-5,8-9H2,1H3. The highest BCUT2D eigenvalue weighted by Crippen LogP contribution is 1.97. The normalized spacial score (nSPS) is 13.1. The van der Waals surface area contributed by atoms with E-state index in [9.17, 15) is 4.79 Å². The van der Waals surface area contributed by atoms with Crippen LogP contribution in [0.1, 0.15) is 26.2 Å². The molecule has 4 N–H and O–H groups in total. The van der Waals surface area contributed by atoms with Crippen LogP contribution in [0, 0.1) is 0 Å². The summed E-state index contributed by atoms with van der Waals surface area (Å²) in [5.74, 6) is 0.157. The third-order valence-electron chi connectivity index (χ3n) is 1.33. The molecule has 0 saturated heterocycles. The number of carbonyl (C=O) groups is 1. The molecule has 60 valence electrons. The van der Waals surface area contributed by atoms with Crippen molar-refractivity contribution in [2.75, 3.05) is 6.54 Å². The number of hydrogen-bond donors (Lipinski definition) is 2. The predicted octanol–water partition coefficient (Wildman–Crippen LogP) is 0.0317. The second-order valence-electron chi connectivity index (χ2n) is 2.60. The predicted molar refractivity (Wildman–Crippen MR) is 41.6 cm³/mol. The molecule has 0 aliphatic rings. The van der Waals surface area contributed by atoms with Crippen molar-refractivity contribution in [2.24, 2.45) is 11.5 Å². The Hall–Kier alpha value is -0.410. The first-order valence-electron chi connectivity index (χ1n) is 3.62. The van der Waals surface area contributed by atoms with Gasteiger partial charge < -0.3 is 11.5 Å². The minimum atomic E-state index is 0.0149. The lowest BCUT2D eigenvalue weighted by Gasteiger charge is -2.06. The molecule has 0 aromatic heterocycles. The van der Waals surface area contributed by atoms with Gasteiger partial charge in [-0.15, -0.1) is 0 Å². The lowest BCUT2D eigenvalue weighted by molar-refractivity contribution is -0.117. The smallest absolute Gasteiger partial charge is 0.131 e. The largest absolute Gasteiger partial charge is 0.330 e. The molecule has 0 fully saturated rings. The molecule has 0 aromatic carbocycles. The van der Waals surface area contributed by atoms with E-state index < -0.39 is 0 Å². The zero-order valence-corrected chi connectivity index (χ0v) is 6.47. The molecule has 1 unspecified atom stereocenters. The summed E-state index contributed by atoms with van der Waals surface area (Å²) in [6.07, 6.45) is 2.25. The molecule has 0 radical (unpaired) electrons. The van der Waals surface area contributed by atoms with Gasteiger partial charge in [0.15, 0.2) is 0 Å². The van der Waals surface area contributed by atoms with Crippen molar-refractivity contribution >= 4 is 5.78 Å². The Kier molecular flexibility index (Phi) is 5.16. The van der Waals surface area contributed by atoms with Gasteiger partial charge >= 0.3 is 0 Å². The summed E-state index contributed by atoms with van der Waals surface area (Å²) in [5, 5.41) is 0. The minimum absolute atomic E-state index is 0.0149. The first-order chi connectivity index (χ1) is 4.66. The maximum Gasteiger partial charge on any atom is 0.131 e. The minimum Gasteiger partial charge on any atom is -0.330 e. The Morgan fingerprint density at radius 2 is 2.20 bits per heavy atom. The van der Waals surface area contributed by atoms with Crippen LogP contribution in [0.15, 0.2) is 0 Å². The molecule has 0 saturated carbocycles. The van der Waals surface area contributed by atoms with Gasteiger partial charge in [0.05, 0.1) is 0 Å². The highest BCUT2D eigenvalue weighted by Gasteiger charge is 2.03. The SMILES string of the molecule is CC(=O)CC(N)CCCN. The molecule has 0 bridgehead atoms. The summed E-state index contributed by atoms with van der Waals surface area (Å²) >= 11 is 0. The van der Waals surface area contributed by atoms with Crippen molar-refractivity contribution in [2.45, 2.75) is 32.2 Å². The van der Waals surface area contributed by atoms with Crippen LogP contribution in [0.2, 0.25) is 0 Å². The summed E-state index contributed by atoms with van der Waals surface area (Å²) in [4.78, 5) is 10.5. The second kappa shape index (κ2) is 5.38. The number of hydrogen-bond acceptors (Lipinski definition) is 3. The van der Waals surface area contributed by atoms with E-state index >= 15 is 0 Å². The van der Waals surface area contributed by atoms with Crippen LogP contribution < -0.4 is 11.5 Å². The van der Waals surface area contributed by atoms with Crippen molar-refractivity contribution in [3.8, 4) is 0 Å². The van der Waals surface area contributed by atoms with Crippen LogP contribution >= 0.6 is 0 Å². The van der Waals surface area contributed by atoms with Gasteiger partial charge in [-0.1, -0.05) is 0 Å². The van der Waals surface area contributed by atoms with Crippen molar-refractivity contribution < 1.29 is 4.79 Å². The molecule has 1 atom stereocenters. The summed E-state index contributed by atoms with van der Waals surface area (Å²) in [7, 11) is 0. The maximum atomic E-state index is 10.5. The van der Waals surface area contributed by atoms with Gasteiger partial charge in [0, 0.05) is 12.5 Å². The van der Waals surface area contributed by atoms with Crippen molar-refractivity contribution in [1.82, 2.24) is 0 Å². The van der Waals surface area contributed by atoms with Crippen LogP contribution in [-0.4, -0.2) is 18.4 Å². The van der Waals surface area contributed by atoms with E-state index in [1.165, 1.54) is 0 Å². The quantitative estimate of drug-likeness (QED) is 0.572. The van der Waals surface area contributed by atoms with Gasteiger partial charge in [0.1, 0.15) is 5.78 Å². The number of nitrogens with two attached hydrogens (primary N) is 2. The van der Waals surface area contributed by atoms with Crippen LogP contribution in [-0.2, 0) is 4.79 Å². The van der Waals surface area contributed by atoms with Gasteiger partial charge in [-0.3, -0.25) is 4.79 Å².